The number of aliphatic hydroxyl groups is 1. The molecule has 3 rings (SSSR count). The second kappa shape index (κ2) is 24.8. The van der Waals surface area contributed by atoms with Crippen LogP contribution in [0.25, 0.3) is 0 Å². The Kier molecular flexibility index (Phi) is 20.0. The third-order valence-electron chi connectivity index (χ3n) is 9.93. The smallest absolute Gasteiger partial charge is 0.337 e. The number of allylic oxidation sites excluding steroid dienone is 1. The van der Waals surface area contributed by atoms with Crippen LogP contribution in [-0.4, -0.2) is 88.6 Å². The van der Waals surface area contributed by atoms with E-state index in [4.69, 9.17) is 14.2 Å². The summed E-state index contributed by atoms with van der Waals surface area (Å²) < 4.78 is 15.6. The van der Waals surface area contributed by atoms with E-state index in [0.717, 1.165) is 52.1 Å². The fraction of sp³-hybridized carbons (Fsp3) is 0.489. The summed E-state index contributed by atoms with van der Waals surface area (Å²) in [6.07, 6.45) is 11.1. The van der Waals surface area contributed by atoms with Crippen molar-refractivity contribution < 1.29 is 58.0 Å². The number of benzene rings is 2. The van der Waals surface area contributed by atoms with E-state index in [1.807, 2.05) is 0 Å². The highest BCUT2D eigenvalue weighted by atomic mass is 16.5. The molecule has 59 heavy (non-hydrogen) atoms. The predicted octanol–water partition coefficient (Wildman–Crippen LogP) is 5.73. The minimum absolute atomic E-state index is 0.0843. The average molecular weight is 817 g/mol. The number of esters is 2. The minimum atomic E-state index is -3.10. The van der Waals surface area contributed by atoms with Gasteiger partial charge in [-0.1, -0.05) is 87.8 Å². The van der Waals surface area contributed by atoms with Gasteiger partial charge < -0.3 is 29.7 Å². The number of carboxylic acids is 1. The number of Topliss-reactive ketones (excluding diaryl/α,β-unsaturated/α-hetero) is 1. The molecule has 0 unspecified atom stereocenters. The van der Waals surface area contributed by atoms with Gasteiger partial charge in [-0.25, -0.2) is 14.5 Å². The normalized spacial score (nSPS) is 14.1. The number of rotatable bonds is 27. The van der Waals surface area contributed by atoms with Crippen molar-refractivity contribution in [2.45, 2.75) is 115 Å². The van der Waals surface area contributed by atoms with Gasteiger partial charge >= 0.3 is 17.9 Å². The molecule has 2 aromatic rings. The molecule has 0 bridgehead atoms. The predicted molar refractivity (Wildman–Crippen MR) is 217 cm³/mol. The molecule has 2 aromatic carbocycles. The van der Waals surface area contributed by atoms with E-state index >= 15 is 0 Å². The average Bonchev–Trinajstić information content (AvgIpc) is 3.46. The second-order valence-electron chi connectivity index (χ2n) is 14.3. The Balaban J connectivity index is 1.73. The van der Waals surface area contributed by atoms with Gasteiger partial charge in [-0.3, -0.25) is 24.0 Å². The topological polar surface area (TPSA) is 203 Å². The maximum Gasteiger partial charge on any atom is 0.337 e. The first-order valence-corrected chi connectivity index (χ1v) is 20.1. The number of fused-ring (bicyclic) bond motifs is 1. The van der Waals surface area contributed by atoms with Crippen LogP contribution in [-0.2, 0) is 39.9 Å². The van der Waals surface area contributed by atoms with Gasteiger partial charge in [-0.15, -0.1) is 5.92 Å². The van der Waals surface area contributed by atoms with Crippen LogP contribution in [0.2, 0.25) is 0 Å². The van der Waals surface area contributed by atoms with Crippen LogP contribution in [0, 0.1) is 17.8 Å². The number of amides is 3. The van der Waals surface area contributed by atoms with Crippen LogP contribution in [0.1, 0.15) is 124 Å². The number of hydrogen-bond donors (Lipinski definition) is 3. The van der Waals surface area contributed by atoms with Crippen molar-refractivity contribution in [3.05, 3.63) is 77.4 Å². The molecule has 3 amide bonds. The summed E-state index contributed by atoms with van der Waals surface area (Å²) in [6, 6.07) is 11.3. The van der Waals surface area contributed by atoms with E-state index in [2.05, 4.69) is 24.1 Å². The van der Waals surface area contributed by atoms with Crippen LogP contribution in [0.15, 0.2) is 60.7 Å². The Bertz CT molecular complexity index is 1830. The number of nitrogens with zero attached hydrogens (tertiary/aromatic N) is 1. The number of aliphatic carboxylic acids is 1. The van der Waals surface area contributed by atoms with Crippen molar-refractivity contribution in [1.82, 2.24) is 10.2 Å². The van der Waals surface area contributed by atoms with Crippen LogP contribution in [0.5, 0.6) is 5.75 Å². The number of carbonyl (C=O) groups excluding carboxylic acids is 6. The molecule has 14 nitrogen and oxygen atoms in total. The first-order chi connectivity index (χ1) is 28.4. The largest absolute Gasteiger partial charge is 0.481 e. The summed E-state index contributed by atoms with van der Waals surface area (Å²) in [4.78, 5) is 91.2. The van der Waals surface area contributed by atoms with Crippen LogP contribution in [0.4, 0.5) is 0 Å². The van der Waals surface area contributed by atoms with E-state index in [1.54, 1.807) is 43.3 Å². The lowest BCUT2D eigenvalue weighted by molar-refractivity contribution is -0.174. The minimum Gasteiger partial charge on any atom is -0.481 e. The molecule has 0 spiro atoms. The molecule has 1 aliphatic rings. The van der Waals surface area contributed by atoms with Gasteiger partial charge in [0.25, 0.3) is 11.8 Å². The molecule has 3 atom stereocenters. The Hall–Kier alpha value is -5.81. The van der Waals surface area contributed by atoms with Crippen molar-refractivity contribution in [3.8, 4) is 17.6 Å². The summed E-state index contributed by atoms with van der Waals surface area (Å²) in [6.45, 7) is 3.14. The van der Waals surface area contributed by atoms with Gasteiger partial charge in [0.15, 0.2) is 12.3 Å². The van der Waals surface area contributed by atoms with Gasteiger partial charge in [0, 0.05) is 19.3 Å². The van der Waals surface area contributed by atoms with Gasteiger partial charge in [-0.2, -0.15) is 0 Å². The molecule has 0 radical (unpaired) electrons. The highest BCUT2D eigenvalue weighted by molar-refractivity contribution is 6.21. The van der Waals surface area contributed by atoms with E-state index in [9.17, 15) is 43.8 Å². The summed E-state index contributed by atoms with van der Waals surface area (Å²) in [5, 5.41) is 24.4. The Morgan fingerprint density at radius 2 is 1.49 bits per heavy atom. The van der Waals surface area contributed by atoms with Crippen molar-refractivity contribution in [1.29, 1.82) is 0 Å². The van der Waals surface area contributed by atoms with Crippen LogP contribution in [0.3, 0.4) is 0 Å². The van der Waals surface area contributed by atoms with E-state index in [0.29, 0.717) is 41.9 Å². The summed E-state index contributed by atoms with van der Waals surface area (Å²) in [5.41, 5.74) is -2.31. The summed E-state index contributed by atoms with van der Waals surface area (Å²) in [5.74, 6) is -2.30. The molecular weight excluding hydrogens is 760 g/mol. The monoisotopic (exact) mass is 816 g/mol. The highest BCUT2D eigenvalue weighted by Crippen LogP contribution is 2.28. The molecule has 0 saturated carbocycles. The molecule has 0 aliphatic carbocycles. The fourth-order valence-corrected chi connectivity index (χ4v) is 6.51. The molecule has 0 saturated heterocycles. The lowest BCUT2D eigenvalue weighted by Crippen LogP contribution is -2.55. The summed E-state index contributed by atoms with van der Waals surface area (Å²) >= 11 is 0. The molecule has 318 valence electrons. The van der Waals surface area contributed by atoms with Gasteiger partial charge in [-0.05, 0) is 62.4 Å². The maximum atomic E-state index is 14.0. The van der Waals surface area contributed by atoms with Gasteiger partial charge in [0.05, 0.1) is 30.6 Å². The molecule has 14 heteroatoms. The highest BCUT2D eigenvalue weighted by Gasteiger charge is 2.50. The maximum absolute atomic E-state index is 14.0. The molecule has 0 fully saturated rings. The molecule has 1 heterocycles. The van der Waals surface area contributed by atoms with E-state index < -0.39 is 66.3 Å². The number of methoxy groups -OCH3 is 1. The fourth-order valence-electron chi connectivity index (χ4n) is 6.51. The van der Waals surface area contributed by atoms with Crippen molar-refractivity contribution in [2.24, 2.45) is 5.92 Å². The Labute approximate surface area is 345 Å². The molecular formula is C45H56N2O12. The zero-order valence-electron chi connectivity index (χ0n) is 34.2. The number of carbonyl (C=O) groups is 7. The van der Waals surface area contributed by atoms with Crippen molar-refractivity contribution >= 4 is 41.4 Å². The van der Waals surface area contributed by atoms with Crippen LogP contribution < -0.4 is 10.1 Å². The first kappa shape index (κ1) is 47.6. The van der Waals surface area contributed by atoms with Gasteiger partial charge in [0.2, 0.25) is 5.91 Å². The SMILES string of the molecule is CC#CCOc1ccc(C[C@H](NC(=O)[C@@H](C=CCCCCCCC(=O)CCCCCCC)[C@@](O)(CC(=O)OCN2C(=O)c3ccccc3C2=O)C(=O)O)C(=O)OC)cc1. The quantitative estimate of drug-likeness (QED) is 0.0325. The standard InChI is InChI=1S/C45H56N2O12/c1-4-6-8-11-14-19-33(48)20-15-12-9-10-13-16-23-37(40(50)46-38(43(53)57-3)29-32-24-26-34(27-25-32)58-28-7-5-2)45(56,44(54)55)30-39(49)59-31-47-41(51)35-21-17-18-22-36(35)42(47)52/h16-18,21-27,37-38,56H,4,6,8-15,19-20,28-31H2,1-3H3,(H,46,50)(H,54,55)/t37-,38+,45+/m1/s1. The van der Waals surface area contributed by atoms with E-state index in [-0.39, 0.29) is 29.9 Å². The third kappa shape index (κ3) is 14.8. The number of imide groups is 1. The zero-order valence-corrected chi connectivity index (χ0v) is 34.2. The number of unbranched alkanes of at least 4 members (excludes halogenated alkanes) is 8. The van der Waals surface area contributed by atoms with Gasteiger partial charge in [0.1, 0.15) is 24.2 Å². The lowest BCUT2D eigenvalue weighted by Gasteiger charge is -2.30. The van der Waals surface area contributed by atoms with Crippen LogP contribution >= 0.6 is 0 Å². The number of nitrogens with one attached hydrogen (secondary N) is 1. The second-order valence-corrected chi connectivity index (χ2v) is 14.3. The first-order valence-electron chi connectivity index (χ1n) is 20.1. The molecule has 1 aliphatic heterocycles. The number of hydrogen-bond acceptors (Lipinski definition) is 11. The Morgan fingerprint density at radius 1 is 0.881 bits per heavy atom. The Morgan fingerprint density at radius 3 is 2.07 bits per heavy atom. The molecule has 0 aromatic heterocycles. The zero-order chi connectivity index (χ0) is 43.2. The number of ketones is 1. The third-order valence-corrected chi connectivity index (χ3v) is 9.93. The number of carboxylic acid groups (broad SMARTS) is 1. The lowest BCUT2D eigenvalue weighted by atomic mass is 9.82. The number of ether oxygens (including phenoxy) is 3. The summed E-state index contributed by atoms with van der Waals surface area (Å²) in [7, 11) is 1.12. The van der Waals surface area contributed by atoms with E-state index in [1.165, 1.54) is 30.7 Å². The van der Waals surface area contributed by atoms with Crippen molar-refractivity contribution in [3.63, 3.8) is 0 Å². The molecule has 3 N–H and O–H groups in total. The van der Waals surface area contributed by atoms with Crippen molar-refractivity contribution in [2.75, 3.05) is 20.4 Å².